The summed E-state index contributed by atoms with van der Waals surface area (Å²) >= 11 is 0. The normalized spacial score (nSPS) is 35.3. The first-order valence-corrected chi connectivity index (χ1v) is 3.15. The molecule has 3 heteroatoms. The van der Waals surface area contributed by atoms with Crippen LogP contribution in [0.5, 0.6) is 0 Å². The molecule has 1 saturated carbocycles. The maximum atomic E-state index is 8.92. The van der Waals surface area contributed by atoms with Crippen LogP contribution in [-0.2, 0) is 0 Å². The Balaban J connectivity index is -0.000000213. The van der Waals surface area contributed by atoms with Crippen LogP contribution >= 0.6 is 0 Å². The van der Waals surface area contributed by atoms with Gasteiger partial charge in [-0.25, -0.2) is 0 Å². The van der Waals surface area contributed by atoms with E-state index in [1.807, 2.05) is 0 Å². The summed E-state index contributed by atoms with van der Waals surface area (Å²) in [7, 11) is 0. The van der Waals surface area contributed by atoms with E-state index < -0.39 is 0 Å². The second kappa shape index (κ2) is 4.91. The van der Waals surface area contributed by atoms with Gasteiger partial charge in [-0.05, 0) is 25.7 Å². The molecule has 0 saturated heterocycles. The van der Waals surface area contributed by atoms with Gasteiger partial charge < -0.3 is 13.1 Å². The zero-order valence-corrected chi connectivity index (χ0v) is 7.79. The van der Waals surface area contributed by atoms with Crippen LogP contribution in [0.3, 0.4) is 0 Å². The van der Waals surface area contributed by atoms with E-state index in [0.29, 0.717) is 0 Å². The van der Waals surface area contributed by atoms with E-state index in [9.17, 15) is 0 Å². The van der Waals surface area contributed by atoms with Crippen LogP contribution in [0.2, 0.25) is 0 Å². The monoisotopic (exact) mass is 158 g/mol. The first kappa shape index (κ1) is 10.2. The van der Waals surface area contributed by atoms with Gasteiger partial charge in [0.25, 0.3) is 0 Å². The minimum Gasteiger partial charge on any atom is -1.00 e. The molecule has 0 unspecified atom stereocenters. The third-order valence-corrected chi connectivity index (χ3v) is 1.67. The molecule has 9 heavy (non-hydrogen) atoms. The Bertz CT molecular complexity index is 67.0. The minimum atomic E-state index is -0.140. The Morgan fingerprint density at radius 3 is 1.33 bits per heavy atom. The molecular weight excluding hydrogens is 144 g/mol. The maximum Gasteiger partial charge on any atom is 2.00 e. The van der Waals surface area contributed by atoms with Crippen LogP contribution in [0.25, 0.3) is 0 Å². The quantitative estimate of drug-likeness (QED) is 0.492. The molecule has 1 aliphatic rings. The van der Waals surface area contributed by atoms with Crippen molar-refractivity contribution in [1.29, 1.82) is 0 Å². The molecule has 0 spiro atoms. The Morgan fingerprint density at radius 1 is 0.889 bits per heavy atom. The predicted molar refractivity (Wildman–Crippen MR) is 38.5 cm³/mol. The van der Waals surface area contributed by atoms with Gasteiger partial charge in [0.15, 0.2) is 0 Å². The second-order valence-corrected chi connectivity index (χ2v) is 2.46. The maximum absolute atomic E-state index is 8.92. The number of rotatable bonds is 0. The molecule has 0 atom stereocenters. The molecule has 52 valence electrons. The van der Waals surface area contributed by atoms with Crippen molar-refractivity contribution in [3.63, 3.8) is 0 Å². The minimum absolute atomic E-state index is 0. The third kappa shape index (κ3) is 3.79. The standard InChI is InChI=1S/C6H12O2.Ca.2H/c7-5-1-2-6(8)4-3-5;;;/h5-8H,1-4H2;;;/q;+2;2*-1. The Labute approximate surface area is 88.2 Å². The van der Waals surface area contributed by atoms with Gasteiger partial charge in [0, 0.05) is 0 Å². The average Bonchev–Trinajstić information content (AvgIpc) is 1.77. The molecule has 0 aliphatic heterocycles. The summed E-state index contributed by atoms with van der Waals surface area (Å²) in [5, 5.41) is 17.8. The van der Waals surface area contributed by atoms with Gasteiger partial charge in [0.05, 0.1) is 12.2 Å². The van der Waals surface area contributed by atoms with Gasteiger partial charge in [0.1, 0.15) is 0 Å². The Morgan fingerprint density at radius 2 is 1.11 bits per heavy atom. The number of hydrogen-bond donors (Lipinski definition) is 2. The van der Waals surface area contributed by atoms with Gasteiger partial charge in [-0.15, -0.1) is 0 Å². The molecule has 2 nitrogen and oxygen atoms in total. The van der Waals surface area contributed by atoms with Crippen LogP contribution in [-0.4, -0.2) is 60.2 Å². The van der Waals surface area contributed by atoms with Gasteiger partial charge in [-0.3, -0.25) is 0 Å². The molecule has 0 aromatic carbocycles. The topological polar surface area (TPSA) is 40.5 Å². The van der Waals surface area contributed by atoms with Crippen molar-refractivity contribution >= 4 is 37.7 Å². The van der Waals surface area contributed by atoms with Crippen molar-refractivity contribution in [2.45, 2.75) is 37.9 Å². The van der Waals surface area contributed by atoms with Gasteiger partial charge in [0.2, 0.25) is 0 Å². The van der Waals surface area contributed by atoms with Crippen molar-refractivity contribution in [2.24, 2.45) is 0 Å². The molecule has 1 aliphatic carbocycles. The zero-order valence-electron chi connectivity index (χ0n) is 7.58. The molecule has 0 aromatic rings. The summed E-state index contributed by atoms with van der Waals surface area (Å²) in [5.41, 5.74) is 0. The van der Waals surface area contributed by atoms with Gasteiger partial charge >= 0.3 is 37.7 Å². The summed E-state index contributed by atoms with van der Waals surface area (Å²) in [6.45, 7) is 0. The van der Waals surface area contributed by atoms with Crippen molar-refractivity contribution < 1.29 is 13.1 Å². The van der Waals surface area contributed by atoms with Crippen LogP contribution in [0, 0.1) is 0 Å². The largest absolute Gasteiger partial charge is 2.00 e. The molecule has 0 bridgehead atoms. The molecule has 0 aromatic heterocycles. The number of aliphatic hydroxyl groups is 2. The van der Waals surface area contributed by atoms with Crippen LogP contribution in [0.4, 0.5) is 0 Å². The van der Waals surface area contributed by atoms with E-state index in [0.717, 1.165) is 25.7 Å². The Kier molecular flexibility index (Phi) is 5.56. The fourth-order valence-corrected chi connectivity index (χ4v) is 1.06. The third-order valence-electron chi connectivity index (χ3n) is 1.67. The second-order valence-electron chi connectivity index (χ2n) is 2.46. The molecular formula is C6H14CaO2. The molecule has 2 N–H and O–H groups in total. The smallest absolute Gasteiger partial charge is 1.00 e. The Hall–Kier alpha value is 1.18. The number of hydrogen-bond acceptors (Lipinski definition) is 2. The van der Waals surface area contributed by atoms with Crippen molar-refractivity contribution in [2.75, 3.05) is 0 Å². The molecule has 1 rings (SSSR count). The van der Waals surface area contributed by atoms with Crippen LogP contribution in [0.1, 0.15) is 28.5 Å². The molecule has 0 radical (unpaired) electrons. The van der Waals surface area contributed by atoms with Crippen LogP contribution in [0.15, 0.2) is 0 Å². The van der Waals surface area contributed by atoms with E-state index in [1.165, 1.54) is 0 Å². The fourth-order valence-electron chi connectivity index (χ4n) is 1.06. The van der Waals surface area contributed by atoms with Crippen molar-refractivity contribution in [3.05, 3.63) is 0 Å². The zero-order chi connectivity index (χ0) is 5.98. The first-order chi connectivity index (χ1) is 3.79. The predicted octanol–water partition coefficient (Wildman–Crippen LogP) is 0.126. The van der Waals surface area contributed by atoms with E-state index in [-0.39, 0.29) is 52.8 Å². The van der Waals surface area contributed by atoms with Crippen molar-refractivity contribution in [3.8, 4) is 0 Å². The summed E-state index contributed by atoms with van der Waals surface area (Å²) in [4.78, 5) is 0. The summed E-state index contributed by atoms with van der Waals surface area (Å²) in [5.74, 6) is 0. The van der Waals surface area contributed by atoms with E-state index in [1.54, 1.807) is 0 Å². The fraction of sp³-hybridized carbons (Fsp3) is 1.00. The van der Waals surface area contributed by atoms with Crippen LogP contribution < -0.4 is 0 Å². The summed E-state index contributed by atoms with van der Waals surface area (Å²) in [6, 6.07) is 0. The van der Waals surface area contributed by atoms with Crippen molar-refractivity contribution in [1.82, 2.24) is 0 Å². The molecule has 0 amide bonds. The van der Waals surface area contributed by atoms with E-state index >= 15 is 0 Å². The number of aliphatic hydroxyl groups excluding tert-OH is 2. The SMILES string of the molecule is OC1CCC(O)CC1.[Ca+2].[H-].[H-]. The van der Waals surface area contributed by atoms with Gasteiger partial charge in [-0.2, -0.15) is 0 Å². The van der Waals surface area contributed by atoms with E-state index in [2.05, 4.69) is 0 Å². The summed E-state index contributed by atoms with van der Waals surface area (Å²) in [6.07, 6.45) is 2.83. The first-order valence-electron chi connectivity index (χ1n) is 3.15. The van der Waals surface area contributed by atoms with E-state index in [4.69, 9.17) is 10.2 Å². The van der Waals surface area contributed by atoms with Gasteiger partial charge in [-0.1, -0.05) is 0 Å². The molecule has 1 fully saturated rings. The average molecular weight is 158 g/mol. The summed E-state index contributed by atoms with van der Waals surface area (Å²) < 4.78 is 0. The molecule has 0 heterocycles.